The van der Waals surface area contributed by atoms with Crippen molar-refractivity contribution in [1.82, 2.24) is 10.3 Å². The van der Waals surface area contributed by atoms with Gasteiger partial charge in [-0.3, -0.25) is 4.79 Å². The molecule has 0 aliphatic heterocycles. The van der Waals surface area contributed by atoms with Gasteiger partial charge in [0.05, 0.1) is 5.41 Å². The van der Waals surface area contributed by atoms with Gasteiger partial charge < -0.3 is 10.6 Å². The van der Waals surface area contributed by atoms with Crippen LogP contribution in [-0.2, 0) is 4.79 Å². The maximum atomic E-state index is 11.5. The Bertz CT molecular complexity index is 357. The molecule has 0 atom stereocenters. The summed E-state index contributed by atoms with van der Waals surface area (Å²) in [6.45, 7) is 6.34. The van der Waals surface area contributed by atoms with Crippen molar-refractivity contribution >= 4 is 11.7 Å². The first-order valence-electron chi connectivity index (χ1n) is 5.34. The number of carbonyl (C=O) groups excluding carboxylic acids is 1. The number of aromatic nitrogens is 1. The van der Waals surface area contributed by atoms with Crippen LogP contribution in [0.25, 0.3) is 0 Å². The van der Waals surface area contributed by atoms with E-state index in [-0.39, 0.29) is 5.91 Å². The standard InChI is InChI=1S/C12H19N3O/c1-9-5-6-10(14-7-9)15-8-12(2,3)11(16)13-4/h5-7H,8H2,1-4H3,(H,13,16)(H,14,15). The molecule has 2 N–H and O–H groups in total. The molecule has 1 heterocycles. The van der Waals surface area contributed by atoms with Crippen molar-refractivity contribution in [3.05, 3.63) is 23.9 Å². The maximum Gasteiger partial charge on any atom is 0.227 e. The number of rotatable bonds is 4. The lowest BCUT2D eigenvalue weighted by Gasteiger charge is -2.23. The van der Waals surface area contributed by atoms with Gasteiger partial charge >= 0.3 is 0 Å². The lowest BCUT2D eigenvalue weighted by molar-refractivity contribution is -0.128. The van der Waals surface area contributed by atoms with Gasteiger partial charge in [-0.05, 0) is 32.4 Å². The molecule has 4 nitrogen and oxygen atoms in total. The van der Waals surface area contributed by atoms with Crippen LogP contribution in [-0.4, -0.2) is 24.5 Å². The third-order valence-corrected chi connectivity index (χ3v) is 2.46. The summed E-state index contributed by atoms with van der Waals surface area (Å²) in [6, 6.07) is 3.90. The van der Waals surface area contributed by atoms with Crippen LogP contribution in [0.4, 0.5) is 5.82 Å². The lowest BCUT2D eigenvalue weighted by Crippen LogP contribution is -2.39. The summed E-state index contributed by atoms with van der Waals surface area (Å²) >= 11 is 0. The molecule has 0 aliphatic rings. The van der Waals surface area contributed by atoms with Gasteiger partial charge in [0, 0.05) is 19.8 Å². The Morgan fingerprint density at radius 1 is 1.44 bits per heavy atom. The summed E-state index contributed by atoms with van der Waals surface area (Å²) in [5.41, 5.74) is 0.678. The summed E-state index contributed by atoms with van der Waals surface area (Å²) in [4.78, 5) is 15.8. The fraction of sp³-hybridized carbons (Fsp3) is 0.500. The Morgan fingerprint density at radius 3 is 2.62 bits per heavy atom. The molecule has 1 aromatic heterocycles. The van der Waals surface area contributed by atoms with E-state index < -0.39 is 5.41 Å². The molecular weight excluding hydrogens is 202 g/mol. The van der Waals surface area contributed by atoms with Gasteiger partial charge in [-0.2, -0.15) is 0 Å². The zero-order chi connectivity index (χ0) is 12.2. The number of carbonyl (C=O) groups is 1. The molecule has 0 fully saturated rings. The molecule has 0 bridgehead atoms. The van der Waals surface area contributed by atoms with E-state index in [1.165, 1.54) is 0 Å². The summed E-state index contributed by atoms with van der Waals surface area (Å²) in [7, 11) is 1.65. The first kappa shape index (κ1) is 12.5. The number of hydrogen-bond donors (Lipinski definition) is 2. The van der Waals surface area contributed by atoms with E-state index in [0.717, 1.165) is 11.4 Å². The minimum absolute atomic E-state index is 0.0205. The summed E-state index contributed by atoms with van der Waals surface area (Å²) < 4.78 is 0. The molecule has 1 amide bonds. The van der Waals surface area contributed by atoms with E-state index in [4.69, 9.17) is 0 Å². The summed E-state index contributed by atoms with van der Waals surface area (Å²) in [6.07, 6.45) is 1.80. The SMILES string of the molecule is CNC(=O)C(C)(C)CNc1ccc(C)cn1. The Hall–Kier alpha value is -1.58. The number of aryl methyl sites for hydroxylation is 1. The number of anilines is 1. The van der Waals surface area contributed by atoms with Gasteiger partial charge in [0.15, 0.2) is 0 Å². The second-order valence-electron chi connectivity index (χ2n) is 4.54. The summed E-state index contributed by atoms with van der Waals surface area (Å²) in [5.74, 6) is 0.815. The highest BCUT2D eigenvalue weighted by Crippen LogP contribution is 2.16. The Morgan fingerprint density at radius 2 is 2.12 bits per heavy atom. The van der Waals surface area contributed by atoms with E-state index in [1.54, 1.807) is 13.2 Å². The van der Waals surface area contributed by atoms with Crippen molar-refractivity contribution in [1.29, 1.82) is 0 Å². The van der Waals surface area contributed by atoms with Crippen LogP contribution in [0, 0.1) is 12.3 Å². The largest absolute Gasteiger partial charge is 0.369 e. The quantitative estimate of drug-likeness (QED) is 0.811. The number of amides is 1. The van der Waals surface area contributed by atoms with Crippen LogP contribution in [0.15, 0.2) is 18.3 Å². The average molecular weight is 221 g/mol. The zero-order valence-electron chi connectivity index (χ0n) is 10.3. The normalized spacial score (nSPS) is 11.0. The van der Waals surface area contributed by atoms with E-state index >= 15 is 0 Å². The molecule has 0 saturated carbocycles. The number of pyridine rings is 1. The maximum absolute atomic E-state index is 11.5. The van der Waals surface area contributed by atoms with E-state index in [1.807, 2.05) is 32.9 Å². The number of nitrogens with one attached hydrogen (secondary N) is 2. The molecule has 1 rings (SSSR count). The zero-order valence-corrected chi connectivity index (χ0v) is 10.3. The fourth-order valence-electron chi connectivity index (χ4n) is 1.30. The lowest BCUT2D eigenvalue weighted by atomic mass is 9.92. The van der Waals surface area contributed by atoms with Crippen molar-refractivity contribution in [3.8, 4) is 0 Å². The molecule has 0 radical (unpaired) electrons. The van der Waals surface area contributed by atoms with Gasteiger partial charge in [-0.1, -0.05) is 6.07 Å². The van der Waals surface area contributed by atoms with Crippen LogP contribution in [0.5, 0.6) is 0 Å². The second kappa shape index (κ2) is 4.96. The topological polar surface area (TPSA) is 54.0 Å². The smallest absolute Gasteiger partial charge is 0.227 e. The van der Waals surface area contributed by atoms with Crippen LogP contribution in [0.2, 0.25) is 0 Å². The van der Waals surface area contributed by atoms with Gasteiger partial charge in [-0.15, -0.1) is 0 Å². The van der Waals surface area contributed by atoms with Crippen LogP contribution in [0.3, 0.4) is 0 Å². The van der Waals surface area contributed by atoms with Crippen molar-refractivity contribution in [2.24, 2.45) is 5.41 Å². The van der Waals surface area contributed by atoms with Gasteiger partial charge in [0.2, 0.25) is 5.91 Å². The van der Waals surface area contributed by atoms with Crippen LogP contribution >= 0.6 is 0 Å². The highest BCUT2D eigenvalue weighted by atomic mass is 16.2. The molecule has 0 aliphatic carbocycles. The van der Waals surface area contributed by atoms with Crippen molar-refractivity contribution in [2.45, 2.75) is 20.8 Å². The third-order valence-electron chi connectivity index (χ3n) is 2.46. The average Bonchev–Trinajstić information content (AvgIpc) is 2.27. The first-order chi connectivity index (χ1) is 7.45. The summed E-state index contributed by atoms with van der Waals surface area (Å²) in [5, 5.41) is 5.81. The minimum atomic E-state index is -0.443. The molecule has 1 aromatic rings. The fourth-order valence-corrected chi connectivity index (χ4v) is 1.30. The molecule has 0 unspecified atom stereocenters. The third kappa shape index (κ3) is 3.22. The van der Waals surface area contributed by atoms with E-state index in [2.05, 4.69) is 15.6 Å². The molecule has 88 valence electrons. The molecule has 0 saturated heterocycles. The van der Waals surface area contributed by atoms with Crippen molar-refractivity contribution < 1.29 is 4.79 Å². The highest BCUT2D eigenvalue weighted by Gasteiger charge is 2.26. The molecule has 4 heteroatoms. The van der Waals surface area contributed by atoms with Gasteiger partial charge in [0.1, 0.15) is 5.82 Å². The predicted octanol–water partition coefficient (Wildman–Crippen LogP) is 1.57. The Balaban J connectivity index is 2.57. The molecular formula is C12H19N3O. The minimum Gasteiger partial charge on any atom is -0.369 e. The monoisotopic (exact) mass is 221 g/mol. The Labute approximate surface area is 96.5 Å². The molecule has 0 aromatic carbocycles. The Kier molecular flexibility index (Phi) is 3.88. The van der Waals surface area contributed by atoms with Gasteiger partial charge in [0.25, 0.3) is 0 Å². The van der Waals surface area contributed by atoms with Crippen molar-refractivity contribution in [3.63, 3.8) is 0 Å². The number of nitrogens with zero attached hydrogens (tertiary/aromatic N) is 1. The van der Waals surface area contributed by atoms with Crippen LogP contribution < -0.4 is 10.6 Å². The second-order valence-corrected chi connectivity index (χ2v) is 4.54. The highest BCUT2D eigenvalue weighted by molar-refractivity contribution is 5.82. The van der Waals surface area contributed by atoms with Crippen LogP contribution in [0.1, 0.15) is 19.4 Å². The first-order valence-corrected chi connectivity index (χ1v) is 5.34. The van der Waals surface area contributed by atoms with E-state index in [9.17, 15) is 4.79 Å². The number of hydrogen-bond acceptors (Lipinski definition) is 3. The van der Waals surface area contributed by atoms with E-state index in [0.29, 0.717) is 6.54 Å². The predicted molar refractivity (Wildman–Crippen MR) is 65.3 cm³/mol. The van der Waals surface area contributed by atoms with Gasteiger partial charge in [-0.25, -0.2) is 4.98 Å². The molecule has 0 spiro atoms. The molecule has 16 heavy (non-hydrogen) atoms. The van der Waals surface area contributed by atoms with Crippen molar-refractivity contribution in [2.75, 3.05) is 18.9 Å².